The molecule has 0 spiro atoms. The Bertz CT molecular complexity index is 731. The van der Waals surface area contributed by atoms with Gasteiger partial charge in [0.1, 0.15) is 0 Å². The zero-order chi connectivity index (χ0) is 14.2. The molecule has 0 atom stereocenters. The Morgan fingerprint density at radius 2 is 2.29 bits per heavy atom. The number of likely N-dealkylation sites (tertiary alicyclic amines) is 1. The Hall–Kier alpha value is -1.02. The van der Waals surface area contributed by atoms with Crippen molar-refractivity contribution in [3.05, 3.63) is 44.2 Å². The Morgan fingerprint density at radius 3 is 3.00 bits per heavy atom. The Balaban J connectivity index is 1.37. The highest BCUT2D eigenvalue weighted by molar-refractivity contribution is 9.10. The van der Waals surface area contributed by atoms with Crippen molar-refractivity contribution in [2.24, 2.45) is 0 Å². The van der Waals surface area contributed by atoms with Gasteiger partial charge in [0.25, 0.3) is 0 Å². The van der Waals surface area contributed by atoms with Gasteiger partial charge in [-0.15, -0.1) is 22.7 Å². The van der Waals surface area contributed by atoms with E-state index in [1.54, 1.807) is 22.7 Å². The summed E-state index contributed by atoms with van der Waals surface area (Å²) in [5, 5.41) is 8.22. The predicted molar refractivity (Wildman–Crippen MR) is 87.6 cm³/mol. The second kappa shape index (κ2) is 5.64. The van der Waals surface area contributed by atoms with Crippen LogP contribution in [0.2, 0.25) is 0 Å². The van der Waals surface area contributed by atoms with Gasteiger partial charge >= 0.3 is 0 Å². The van der Waals surface area contributed by atoms with E-state index in [1.165, 1.54) is 4.88 Å². The van der Waals surface area contributed by atoms with Crippen molar-refractivity contribution in [1.29, 1.82) is 0 Å². The smallest absolute Gasteiger partial charge is 0.232 e. The lowest BCUT2D eigenvalue weighted by Crippen LogP contribution is -2.44. The summed E-state index contributed by atoms with van der Waals surface area (Å²) < 4.78 is 6.57. The van der Waals surface area contributed by atoms with Crippen LogP contribution in [0.4, 0.5) is 0 Å². The van der Waals surface area contributed by atoms with Gasteiger partial charge in [0.05, 0.1) is 10.8 Å². The molecule has 4 heterocycles. The van der Waals surface area contributed by atoms with Crippen LogP contribution < -0.4 is 0 Å². The van der Waals surface area contributed by atoms with E-state index in [1.807, 2.05) is 17.5 Å². The lowest BCUT2D eigenvalue weighted by atomic mass is 10.0. The first-order valence-corrected chi connectivity index (χ1v) is 9.16. The van der Waals surface area contributed by atoms with E-state index in [-0.39, 0.29) is 0 Å². The molecular weight excluding hydrogens is 370 g/mol. The van der Waals surface area contributed by atoms with Crippen molar-refractivity contribution in [1.82, 2.24) is 15.0 Å². The molecule has 4 rings (SSSR count). The van der Waals surface area contributed by atoms with E-state index >= 15 is 0 Å². The zero-order valence-electron chi connectivity index (χ0n) is 11.0. The third kappa shape index (κ3) is 2.83. The largest absolute Gasteiger partial charge is 0.339 e. The molecule has 0 aromatic carbocycles. The molecule has 0 saturated carbocycles. The summed E-state index contributed by atoms with van der Waals surface area (Å²) >= 11 is 6.91. The van der Waals surface area contributed by atoms with E-state index in [4.69, 9.17) is 4.52 Å². The van der Waals surface area contributed by atoms with Crippen molar-refractivity contribution in [3.8, 4) is 10.7 Å². The SMILES string of the molecule is Brc1csc(CN2CC(c3nc(-c4cccs4)no3)C2)c1. The van der Waals surface area contributed by atoms with Crippen LogP contribution in [0.3, 0.4) is 0 Å². The molecule has 3 aromatic rings. The molecule has 7 heteroatoms. The summed E-state index contributed by atoms with van der Waals surface area (Å²) in [6.07, 6.45) is 0. The zero-order valence-corrected chi connectivity index (χ0v) is 14.2. The van der Waals surface area contributed by atoms with Gasteiger partial charge in [0.15, 0.2) is 0 Å². The van der Waals surface area contributed by atoms with Gasteiger partial charge in [-0.3, -0.25) is 4.90 Å². The predicted octanol–water partition coefficient (Wildman–Crippen LogP) is 4.22. The van der Waals surface area contributed by atoms with Crippen LogP contribution in [0.15, 0.2) is 38.0 Å². The highest BCUT2D eigenvalue weighted by Gasteiger charge is 2.32. The van der Waals surface area contributed by atoms with Crippen molar-refractivity contribution >= 4 is 38.6 Å². The second-order valence-corrected chi connectivity index (χ2v) is 7.91. The van der Waals surface area contributed by atoms with Crippen LogP contribution in [-0.4, -0.2) is 28.1 Å². The highest BCUT2D eigenvalue weighted by atomic mass is 79.9. The van der Waals surface area contributed by atoms with Crippen LogP contribution in [0.1, 0.15) is 16.7 Å². The molecule has 1 aliphatic heterocycles. The van der Waals surface area contributed by atoms with E-state index in [9.17, 15) is 0 Å². The summed E-state index contributed by atoms with van der Waals surface area (Å²) in [7, 11) is 0. The number of rotatable bonds is 4. The van der Waals surface area contributed by atoms with Gasteiger partial charge in [0, 0.05) is 34.4 Å². The van der Waals surface area contributed by atoms with Crippen molar-refractivity contribution in [2.75, 3.05) is 13.1 Å². The summed E-state index contributed by atoms with van der Waals surface area (Å²) in [6, 6.07) is 6.20. The number of hydrogen-bond acceptors (Lipinski definition) is 6. The fourth-order valence-corrected chi connectivity index (χ4v) is 4.56. The normalized spacial score (nSPS) is 16.2. The minimum Gasteiger partial charge on any atom is -0.339 e. The van der Waals surface area contributed by atoms with E-state index in [0.717, 1.165) is 34.9 Å². The standard InChI is InChI=1S/C14H12BrN3OS2/c15-10-4-11(21-8-10)7-18-5-9(6-18)14-16-13(17-19-14)12-2-1-3-20-12/h1-4,8-9H,5-7H2. The molecule has 0 bridgehead atoms. The highest BCUT2D eigenvalue weighted by Crippen LogP contribution is 2.31. The topological polar surface area (TPSA) is 42.2 Å². The molecule has 4 nitrogen and oxygen atoms in total. The molecule has 108 valence electrons. The number of halogens is 1. The minimum absolute atomic E-state index is 0.370. The molecule has 0 N–H and O–H groups in total. The maximum Gasteiger partial charge on any atom is 0.232 e. The van der Waals surface area contributed by atoms with Crippen LogP contribution in [0.25, 0.3) is 10.7 Å². The van der Waals surface area contributed by atoms with Gasteiger partial charge in [-0.25, -0.2) is 0 Å². The molecule has 3 aromatic heterocycles. The number of thiophene rings is 2. The molecule has 0 unspecified atom stereocenters. The Kier molecular flexibility index (Phi) is 3.66. The van der Waals surface area contributed by atoms with Gasteiger partial charge in [0.2, 0.25) is 11.7 Å². The Morgan fingerprint density at radius 1 is 1.38 bits per heavy atom. The van der Waals surface area contributed by atoms with E-state index < -0.39 is 0 Å². The fourth-order valence-electron chi connectivity index (χ4n) is 2.42. The fraction of sp³-hybridized carbons (Fsp3) is 0.286. The minimum atomic E-state index is 0.370. The van der Waals surface area contributed by atoms with Crippen LogP contribution in [0, 0.1) is 0 Å². The Labute approximate surface area is 138 Å². The quantitative estimate of drug-likeness (QED) is 0.678. The van der Waals surface area contributed by atoms with Crippen LogP contribution in [0.5, 0.6) is 0 Å². The molecule has 1 aliphatic rings. The summed E-state index contributed by atoms with van der Waals surface area (Å²) in [5.41, 5.74) is 0. The first-order chi connectivity index (χ1) is 10.3. The van der Waals surface area contributed by atoms with Gasteiger partial charge < -0.3 is 4.52 Å². The van der Waals surface area contributed by atoms with Crippen molar-refractivity contribution in [3.63, 3.8) is 0 Å². The number of aromatic nitrogens is 2. The van der Waals surface area contributed by atoms with Crippen molar-refractivity contribution < 1.29 is 4.52 Å². The second-order valence-electron chi connectivity index (χ2n) is 5.06. The number of hydrogen-bond donors (Lipinski definition) is 0. The molecular formula is C14H12BrN3OS2. The lowest BCUT2D eigenvalue weighted by molar-refractivity contribution is 0.118. The first kappa shape index (κ1) is 13.6. The lowest BCUT2D eigenvalue weighted by Gasteiger charge is -2.36. The molecule has 0 radical (unpaired) electrons. The van der Waals surface area contributed by atoms with Crippen LogP contribution in [-0.2, 0) is 6.54 Å². The van der Waals surface area contributed by atoms with Gasteiger partial charge in [-0.05, 0) is 33.4 Å². The molecule has 1 saturated heterocycles. The summed E-state index contributed by atoms with van der Waals surface area (Å²) in [6.45, 7) is 2.97. The van der Waals surface area contributed by atoms with E-state index in [2.05, 4.69) is 42.4 Å². The maximum atomic E-state index is 5.41. The van der Waals surface area contributed by atoms with E-state index in [0.29, 0.717) is 11.7 Å². The van der Waals surface area contributed by atoms with Gasteiger partial charge in [-0.2, -0.15) is 4.98 Å². The van der Waals surface area contributed by atoms with Crippen LogP contribution >= 0.6 is 38.6 Å². The third-order valence-electron chi connectivity index (χ3n) is 3.49. The maximum absolute atomic E-state index is 5.41. The third-order valence-corrected chi connectivity index (χ3v) is 6.04. The summed E-state index contributed by atoms with van der Waals surface area (Å²) in [4.78, 5) is 9.36. The molecule has 0 aliphatic carbocycles. The molecule has 1 fully saturated rings. The van der Waals surface area contributed by atoms with Gasteiger partial charge in [-0.1, -0.05) is 11.2 Å². The van der Waals surface area contributed by atoms with Crippen molar-refractivity contribution in [2.45, 2.75) is 12.5 Å². The molecule has 21 heavy (non-hydrogen) atoms. The monoisotopic (exact) mass is 381 g/mol. The number of nitrogens with zero attached hydrogens (tertiary/aromatic N) is 3. The summed E-state index contributed by atoms with van der Waals surface area (Å²) in [5.74, 6) is 1.84. The average molecular weight is 382 g/mol. The first-order valence-electron chi connectivity index (χ1n) is 6.60. The molecule has 0 amide bonds. The average Bonchev–Trinajstić information content (AvgIpc) is 3.14.